The fourth-order valence-electron chi connectivity index (χ4n) is 2.47. The summed E-state index contributed by atoms with van der Waals surface area (Å²) < 4.78 is 0.856. The number of benzene rings is 1. The minimum absolute atomic E-state index is 0.0659. The zero-order chi connectivity index (χ0) is 14.8. The first-order chi connectivity index (χ1) is 9.42. The number of carbonyl (C=O) groups excluding carboxylic acids is 1. The van der Waals surface area contributed by atoms with Crippen molar-refractivity contribution >= 4 is 34.5 Å². The molecule has 0 unspecified atom stereocenters. The van der Waals surface area contributed by atoms with Crippen molar-refractivity contribution in [3.63, 3.8) is 0 Å². The molecule has 6 heteroatoms. The number of phenols is 1. The van der Waals surface area contributed by atoms with Crippen molar-refractivity contribution in [2.45, 2.75) is 25.7 Å². The maximum Gasteiger partial charge on any atom is 0.303 e. The molecule has 0 bridgehead atoms. The van der Waals surface area contributed by atoms with Crippen molar-refractivity contribution in [3.05, 3.63) is 27.3 Å². The third kappa shape index (κ3) is 3.41. The lowest BCUT2D eigenvalue weighted by Crippen LogP contribution is -2.43. The quantitative estimate of drug-likeness (QED) is 0.675. The van der Waals surface area contributed by atoms with Gasteiger partial charge >= 0.3 is 5.97 Å². The Morgan fingerprint density at radius 3 is 2.60 bits per heavy atom. The fraction of sp³-hybridized carbons (Fsp3) is 0.429. The number of carboxylic acids is 1. The van der Waals surface area contributed by atoms with Gasteiger partial charge in [-0.15, -0.1) is 0 Å². The number of amides is 1. The van der Waals surface area contributed by atoms with Gasteiger partial charge in [-0.3, -0.25) is 9.59 Å². The Hall–Kier alpha value is -1.31. The van der Waals surface area contributed by atoms with Gasteiger partial charge in [0.25, 0.3) is 5.91 Å². The molecule has 2 rings (SSSR count). The summed E-state index contributed by atoms with van der Waals surface area (Å²) in [7, 11) is 0. The van der Waals surface area contributed by atoms with E-state index >= 15 is 0 Å². The Labute approximate surface area is 130 Å². The van der Waals surface area contributed by atoms with Gasteiger partial charge in [-0.25, -0.2) is 0 Å². The summed E-state index contributed by atoms with van der Waals surface area (Å²) in [6.45, 7) is 0.336. The van der Waals surface area contributed by atoms with E-state index in [1.807, 2.05) is 0 Å². The largest absolute Gasteiger partial charge is 0.507 e. The number of aromatic hydroxyl groups is 1. The van der Waals surface area contributed by atoms with Crippen LogP contribution in [0.4, 0.5) is 0 Å². The van der Waals surface area contributed by atoms with Gasteiger partial charge in [-0.05, 0) is 59.0 Å². The van der Waals surface area contributed by atoms with Crippen molar-refractivity contribution in [2.75, 3.05) is 6.54 Å². The topological polar surface area (TPSA) is 86.6 Å². The molecule has 0 saturated heterocycles. The highest BCUT2D eigenvalue weighted by Crippen LogP contribution is 2.43. The molecule has 0 radical (unpaired) electrons. The van der Waals surface area contributed by atoms with Gasteiger partial charge in [-0.1, -0.05) is 6.42 Å². The van der Waals surface area contributed by atoms with Crippen LogP contribution in [0.2, 0.25) is 0 Å². The van der Waals surface area contributed by atoms with Crippen molar-refractivity contribution in [1.29, 1.82) is 0 Å². The number of carbonyl (C=O) groups is 2. The van der Waals surface area contributed by atoms with E-state index in [0.29, 0.717) is 6.54 Å². The highest BCUT2D eigenvalue weighted by atomic mass is 127. The van der Waals surface area contributed by atoms with E-state index in [4.69, 9.17) is 5.11 Å². The van der Waals surface area contributed by atoms with Gasteiger partial charge in [0.15, 0.2) is 0 Å². The van der Waals surface area contributed by atoms with Gasteiger partial charge in [0.2, 0.25) is 0 Å². The summed E-state index contributed by atoms with van der Waals surface area (Å²) in [5.41, 5.74) is -0.0966. The smallest absolute Gasteiger partial charge is 0.303 e. The minimum Gasteiger partial charge on any atom is -0.507 e. The maximum atomic E-state index is 12.1. The SMILES string of the molecule is O=C(O)CC1(CNC(=O)c2cc(I)ccc2O)CCC1. The van der Waals surface area contributed by atoms with E-state index in [9.17, 15) is 14.7 Å². The summed E-state index contributed by atoms with van der Waals surface area (Å²) >= 11 is 2.07. The second-order valence-corrected chi connectivity index (χ2v) is 6.51. The Morgan fingerprint density at radius 1 is 1.35 bits per heavy atom. The van der Waals surface area contributed by atoms with Crippen molar-refractivity contribution < 1.29 is 19.8 Å². The first-order valence-electron chi connectivity index (χ1n) is 6.40. The molecule has 1 fully saturated rings. The van der Waals surface area contributed by atoms with Crippen molar-refractivity contribution in [3.8, 4) is 5.75 Å². The molecule has 1 amide bonds. The summed E-state index contributed by atoms with van der Waals surface area (Å²) in [5.74, 6) is -1.27. The normalized spacial score (nSPS) is 16.2. The van der Waals surface area contributed by atoms with Crippen LogP contribution in [0, 0.1) is 8.99 Å². The molecule has 1 saturated carbocycles. The monoisotopic (exact) mass is 389 g/mol. The first kappa shape index (κ1) is 15.1. The summed E-state index contributed by atoms with van der Waals surface area (Å²) in [6.07, 6.45) is 2.71. The number of phenolic OH excluding ortho intramolecular Hbond substituents is 1. The number of halogens is 1. The molecule has 108 valence electrons. The lowest BCUT2D eigenvalue weighted by Gasteiger charge is -2.40. The van der Waals surface area contributed by atoms with Crippen LogP contribution < -0.4 is 5.32 Å². The number of hydrogen-bond donors (Lipinski definition) is 3. The zero-order valence-electron chi connectivity index (χ0n) is 10.9. The molecule has 1 aromatic rings. The Kier molecular flexibility index (Phi) is 4.52. The predicted octanol–water partition coefficient (Wildman–Crippen LogP) is 2.37. The van der Waals surface area contributed by atoms with E-state index in [-0.39, 0.29) is 29.1 Å². The zero-order valence-corrected chi connectivity index (χ0v) is 13.0. The molecule has 0 aliphatic heterocycles. The van der Waals surface area contributed by atoms with Crippen LogP contribution in [0.3, 0.4) is 0 Å². The van der Waals surface area contributed by atoms with Gasteiger partial charge in [0.05, 0.1) is 12.0 Å². The van der Waals surface area contributed by atoms with E-state index in [0.717, 1.165) is 22.8 Å². The predicted molar refractivity (Wildman–Crippen MR) is 81.7 cm³/mol. The standard InChI is InChI=1S/C14H16INO4/c15-9-2-3-11(17)10(6-9)13(20)16-8-14(4-1-5-14)7-12(18)19/h2-3,6,17H,1,4-5,7-8H2,(H,16,20)(H,18,19). The molecule has 1 aromatic carbocycles. The first-order valence-corrected chi connectivity index (χ1v) is 7.48. The van der Waals surface area contributed by atoms with Gasteiger partial charge < -0.3 is 15.5 Å². The molecule has 5 nitrogen and oxygen atoms in total. The summed E-state index contributed by atoms with van der Waals surface area (Å²) in [6, 6.07) is 4.80. The van der Waals surface area contributed by atoms with Crippen molar-refractivity contribution in [1.82, 2.24) is 5.32 Å². The second kappa shape index (κ2) is 5.99. The van der Waals surface area contributed by atoms with E-state index in [2.05, 4.69) is 27.9 Å². The van der Waals surface area contributed by atoms with Crippen LogP contribution in [0.25, 0.3) is 0 Å². The van der Waals surface area contributed by atoms with Crippen molar-refractivity contribution in [2.24, 2.45) is 5.41 Å². The number of rotatable bonds is 5. The maximum absolute atomic E-state index is 12.1. The molecule has 20 heavy (non-hydrogen) atoms. The molecule has 0 atom stereocenters. The van der Waals surface area contributed by atoms with Gasteiger partial charge in [-0.2, -0.15) is 0 Å². The Morgan fingerprint density at radius 2 is 2.05 bits per heavy atom. The van der Waals surface area contributed by atoms with Gasteiger partial charge in [0.1, 0.15) is 5.75 Å². The Balaban J connectivity index is 2.01. The van der Waals surface area contributed by atoms with Crippen LogP contribution in [-0.4, -0.2) is 28.6 Å². The second-order valence-electron chi connectivity index (χ2n) is 5.27. The molecule has 1 aliphatic carbocycles. The average Bonchev–Trinajstić information content (AvgIpc) is 2.34. The van der Waals surface area contributed by atoms with E-state index in [1.54, 1.807) is 12.1 Å². The third-order valence-electron chi connectivity index (χ3n) is 3.77. The lowest BCUT2D eigenvalue weighted by molar-refractivity contribution is -0.141. The Bertz CT molecular complexity index is 540. The van der Waals surface area contributed by atoms with Crippen LogP contribution in [-0.2, 0) is 4.79 Å². The molecule has 0 heterocycles. The fourth-order valence-corrected chi connectivity index (χ4v) is 2.96. The molecule has 0 spiro atoms. The summed E-state index contributed by atoms with van der Waals surface area (Å²) in [5, 5.41) is 21.4. The van der Waals surface area contributed by atoms with E-state index < -0.39 is 5.97 Å². The minimum atomic E-state index is -0.837. The van der Waals surface area contributed by atoms with Crippen LogP contribution in [0.1, 0.15) is 36.0 Å². The third-order valence-corrected chi connectivity index (χ3v) is 4.44. The summed E-state index contributed by atoms with van der Waals surface area (Å²) in [4.78, 5) is 22.9. The molecule has 1 aliphatic rings. The number of hydrogen-bond acceptors (Lipinski definition) is 3. The number of aliphatic carboxylic acids is 1. The highest BCUT2D eigenvalue weighted by molar-refractivity contribution is 14.1. The molecule has 3 N–H and O–H groups in total. The average molecular weight is 389 g/mol. The molecular formula is C14H16INO4. The lowest BCUT2D eigenvalue weighted by atomic mass is 9.66. The van der Waals surface area contributed by atoms with Crippen LogP contribution in [0.15, 0.2) is 18.2 Å². The number of nitrogens with one attached hydrogen (secondary N) is 1. The molecular weight excluding hydrogens is 373 g/mol. The van der Waals surface area contributed by atoms with Gasteiger partial charge in [0, 0.05) is 10.1 Å². The molecule has 0 aromatic heterocycles. The van der Waals surface area contributed by atoms with Crippen LogP contribution in [0.5, 0.6) is 5.75 Å². The number of carboxylic acid groups (broad SMARTS) is 1. The van der Waals surface area contributed by atoms with E-state index in [1.165, 1.54) is 6.07 Å². The highest BCUT2D eigenvalue weighted by Gasteiger charge is 2.39. The van der Waals surface area contributed by atoms with Crippen LogP contribution >= 0.6 is 22.6 Å².